The third-order valence-electron chi connectivity index (χ3n) is 4.15. The number of fused-ring (bicyclic) bond motifs is 1. The molecule has 0 saturated carbocycles. The number of hydrogen-bond acceptors (Lipinski definition) is 2. The number of hydrogen-bond donors (Lipinski definition) is 0. The van der Waals surface area contributed by atoms with Gasteiger partial charge >= 0.3 is 5.63 Å². The fourth-order valence-electron chi connectivity index (χ4n) is 2.66. The molecule has 1 heterocycles. The van der Waals surface area contributed by atoms with Crippen LogP contribution >= 0.6 is 0 Å². The highest BCUT2D eigenvalue weighted by Gasteiger charge is 2.11. The summed E-state index contributed by atoms with van der Waals surface area (Å²) in [7, 11) is 0. The van der Waals surface area contributed by atoms with E-state index in [0.717, 1.165) is 22.1 Å². The van der Waals surface area contributed by atoms with Crippen LogP contribution in [-0.2, 0) is 6.42 Å². The number of benzene rings is 2. The zero-order valence-electron chi connectivity index (χ0n) is 12.6. The molecule has 3 aromatic rings. The van der Waals surface area contributed by atoms with Crippen molar-refractivity contribution in [3.05, 3.63) is 80.7 Å². The average molecular weight is 278 g/mol. The van der Waals surface area contributed by atoms with Crippen LogP contribution in [0.5, 0.6) is 0 Å². The van der Waals surface area contributed by atoms with Gasteiger partial charge in [0.25, 0.3) is 0 Å². The molecule has 0 atom stereocenters. The van der Waals surface area contributed by atoms with Gasteiger partial charge in [-0.2, -0.15) is 0 Å². The highest BCUT2D eigenvalue weighted by Crippen LogP contribution is 2.21. The molecule has 2 heteroatoms. The first-order valence-electron chi connectivity index (χ1n) is 7.13. The van der Waals surface area contributed by atoms with Gasteiger partial charge in [0.2, 0.25) is 0 Å². The Hall–Kier alpha value is -2.35. The van der Waals surface area contributed by atoms with Crippen molar-refractivity contribution in [2.75, 3.05) is 0 Å². The zero-order valence-corrected chi connectivity index (χ0v) is 12.6. The summed E-state index contributed by atoms with van der Waals surface area (Å²) in [5.74, 6) is 0. The summed E-state index contributed by atoms with van der Waals surface area (Å²) in [6.07, 6.45) is 0.611. The minimum Gasteiger partial charge on any atom is -0.423 e. The van der Waals surface area contributed by atoms with E-state index in [1.165, 1.54) is 11.1 Å². The molecule has 0 bridgehead atoms. The first-order valence-corrected chi connectivity index (χ1v) is 7.13. The zero-order chi connectivity index (χ0) is 15.0. The number of aryl methyl sites for hydroxylation is 3. The molecule has 0 fully saturated rings. The Labute approximate surface area is 124 Å². The molecule has 0 amide bonds. The van der Waals surface area contributed by atoms with E-state index in [4.69, 9.17) is 4.42 Å². The van der Waals surface area contributed by atoms with Crippen LogP contribution in [0.2, 0.25) is 0 Å². The fourth-order valence-corrected chi connectivity index (χ4v) is 2.66. The monoisotopic (exact) mass is 278 g/mol. The molecule has 0 aliphatic carbocycles. The Balaban J connectivity index is 2.12. The van der Waals surface area contributed by atoms with Gasteiger partial charge < -0.3 is 4.42 Å². The normalized spacial score (nSPS) is 11.0. The largest absolute Gasteiger partial charge is 0.423 e. The van der Waals surface area contributed by atoms with E-state index in [-0.39, 0.29) is 5.63 Å². The lowest BCUT2D eigenvalue weighted by Gasteiger charge is -2.09. The summed E-state index contributed by atoms with van der Waals surface area (Å²) in [5.41, 5.74) is 5.84. The predicted molar refractivity (Wildman–Crippen MR) is 85.9 cm³/mol. The Kier molecular flexibility index (Phi) is 3.38. The molecule has 3 rings (SSSR count). The maximum Gasteiger partial charge on any atom is 0.340 e. The second kappa shape index (κ2) is 5.21. The van der Waals surface area contributed by atoms with Crippen molar-refractivity contribution in [2.45, 2.75) is 27.2 Å². The van der Waals surface area contributed by atoms with Crippen LogP contribution in [0, 0.1) is 20.8 Å². The van der Waals surface area contributed by atoms with E-state index < -0.39 is 0 Å². The minimum atomic E-state index is -0.232. The van der Waals surface area contributed by atoms with Crippen molar-refractivity contribution in [3.63, 3.8) is 0 Å². The summed E-state index contributed by atoms with van der Waals surface area (Å²) in [5, 5.41) is 1.01. The average Bonchev–Trinajstić information content (AvgIpc) is 2.47. The van der Waals surface area contributed by atoms with Gasteiger partial charge in [-0.3, -0.25) is 0 Å². The SMILES string of the molecule is Cc1ccc(Cc2c(C)c3ccccc3oc2=O)cc1C. The van der Waals surface area contributed by atoms with Crippen LogP contribution in [-0.4, -0.2) is 0 Å². The Bertz CT molecular complexity index is 872. The van der Waals surface area contributed by atoms with Gasteiger partial charge in [-0.15, -0.1) is 0 Å². The summed E-state index contributed by atoms with van der Waals surface area (Å²) >= 11 is 0. The lowest BCUT2D eigenvalue weighted by molar-refractivity contribution is 0.551. The molecule has 0 aliphatic heterocycles. The molecule has 0 saturated heterocycles. The van der Waals surface area contributed by atoms with Crippen molar-refractivity contribution in [1.82, 2.24) is 0 Å². The van der Waals surface area contributed by atoms with Crippen LogP contribution < -0.4 is 5.63 Å². The fraction of sp³-hybridized carbons (Fsp3) is 0.211. The third kappa shape index (κ3) is 2.49. The highest BCUT2D eigenvalue weighted by atomic mass is 16.4. The predicted octanol–water partition coefficient (Wildman–Crippen LogP) is 4.31. The number of rotatable bonds is 2. The van der Waals surface area contributed by atoms with E-state index in [1.54, 1.807) is 0 Å². The maximum atomic E-state index is 12.2. The molecule has 0 N–H and O–H groups in total. The van der Waals surface area contributed by atoms with Crippen LogP contribution in [0.15, 0.2) is 51.7 Å². The second-order valence-corrected chi connectivity index (χ2v) is 5.58. The first-order chi connectivity index (χ1) is 10.1. The Morgan fingerprint density at radius 3 is 2.48 bits per heavy atom. The van der Waals surface area contributed by atoms with Crippen molar-refractivity contribution >= 4 is 11.0 Å². The van der Waals surface area contributed by atoms with E-state index in [1.807, 2.05) is 31.2 Å². The lowest BCUT2D eigenvalue weighted by Crippen LogP contribution is -2.11. The summed E-state index contributed by atoms with van der Waals surface area (Å²) in [6, 6.07) is 14.0. The van der Waals surface area contributed by atoms with Gasteiger partial charge in [-0.05, 0) is 49.1 Å². The topological polar surface area (TPSA) is 30.2 Å². The van der Waals surface area contributed by atoms with Crippen molar-refractivity contribution < 1.29 is 4.42 Å². The highest BCUT2D eigenvalue weighted by molar-refractivity contribution is 5.80. The molecule has 21 heavy (non-hydrogen) atoms. The number of para-hydroxylation sites is 1. The van der Waals surface area contributed by atoms with Crippen molar-refractivity contribution in [1.29, 1.82) is 0 Å². The molecule has 0 unspecified atom stereocenters. The quantitative estimate of drug-likeness (QED) is 0.654. The van der Waals surface area contributed by atoms with Crippen LogP contribution in [0.3, 0.4) is 0 Å². The molecule has 106 valence electrons. The van der Waals surface area contributed by atoms with E-state index >= 15 is 0 Å². The summed E-state index contributed by atoms with van der Waals surface area (Å²) in [6.45, 7) is 6.18. The smallest absolute Gasteiger partial charge is 0.340 e. The van der Waals surface area contributed by atoms with Crippen LogP contribution in [0.25, 0.3) is 11.0 Å². The summed E-state index contributed by atoms with van der Waals surface area (Å²) in [4.78, 5) is 12.2. The molecule has 2 nitrogen and oxygen atoms in total. The molecule has 0 radical (unpaired) electrons. The molecule has 1 aromatic heterocycles. The van der Waals surface area contributed by atoms with Crippen LogP contribution in [0.4, 0.5) is 0 Å². The van der Waals surface area contributed by atoms with Gasteiger partial charge in [-0.1, -0.05) is 36.4 Å². The van der Waals surface area contributed by atoms with E-state index in [9.17, 15) is 4.79 Å². The molecule has 0 aliphatic rings. The van der Waals surface area contributed by atoms with Gasteiger partial charge in [0, 0.05) is 17.4 Å². The van der Waals surface area contributed by atoms with E-state index in [0.29, 0.717) is 12.0 Å². The van der Waals surface area contributed by atoms with Gasteiger partial charge in [0.15, 0.2) is 0 Å². The van der Waals surface area contributed by atoms with Crippen LogP contribution in [0.1, 0.15) is 27.8 Å². The molecular weight excluding hydrogens is 260 g/mol. The Morgan fingerprint density at radius 1 is 0.952 bits per heavy atom. The lowest BCUT2D eigenvalue weighted by atomic mass is 9.97. The third-order valence-corrected chi connectivity index (χ3v) is 4.15. The molecule has 2 aromatic carbocycles. The van der Waals surface area contributed by atoms with E-state index in [2.05, 4.69) is 32.0 Å². The van der Waals surface area contributed by atoms with Gasteiger partial charge in [-0.25, -0.2) is 4.79 Å². The Morgan fingerprint density at radius 2 is 1.71 bits per heavy atom. The maximum absolute atomic E-state index is 12.2. The minimum absolute atomic E-state index is 0.232. The van der Waals surface area contributed by atoms with Crippen molar-refractivity contribution in [3.8, 4) is 0 Å². The van der Waals surface area contributed by atoms with Gasteiger partial charge in [0.05, 0.1) is 0 Å². The van der Waals surface area contributed by atoms with Gasteiger partial charge in [0.1, 0.15) is 5.58 Å². The van der Waals surface area contributed by atoms with Crippen molar-refractivity contribution in [2.24, 2.45) is 0 Å². The standard InChI is InChI=1S/C19H18O2/c1-12-8-9-15(10-13(12)2)11-17-14(3)16-6-4-5-7-18(16)21-19(17)20/h4-10H,11H2,1-3H3. The molecule has 0 spiro atoms. The second-order valence-electron chi connectivity index (χ2n) is 5.58. The first kappa shape index (κ1) is 13.6. The summed E-state index contributed by atoms with van der Waals surface area (Å²) < 4.78 is 5.44. The molecular formula is C19H18O2.